The van der Waals surface area contributed by atoms with Crippen LogP contribution in [-0.2, 0) is 9.59 Å². The number of amides is 1. The van der Waals surface area contributed by atoms with Gasteiger partial charge in [0.1, 0.15) is 5.75 Å². The molecule has 1 N–H and O–H groups in total. The number of halogens is 1. The Morgan fingerprint density at radius 3 is 2.47 bits per heavy atom. The third-order valence-corrected chi connectivity index (χ3v) is 2.72. The number of carbonyl (C=O) groups excluding carboxylic acids is 1. The number of anilines is 1. The van der Waals surface area contributed by atoms with E-state index in [0.717, 1.165) is 10.5 Å². The van der Waals surface area contributed by atoms with Crippen molar-refractivity contribution in [3.05, 3.63) is 22.7 Å². The van der Waals surface area contributed by atoms with Gasteiger partial charge in [0.25, 0.3) is 0 Å². The van der Waals surface area contributed by atoms with Crippen molar-refractivity contribution in [2.75, 3.05) is 19.1 Å². The number of aliphatic carboxylic acids is 1. The van der Waals surface area contributed by atoms with Crippen LogP contribution in [0.1, 0.15) is 5.56 Å². The number of nitrogens with zero attached hydrogens (tertiary/aromatic N) is 1. The van der Waals surface area contributed by atoms with Gasteiger partial charge in [-0.2, -0.15) is 0 Å². The first kappa shape index (κ1) is 13.3. The third kappa shape index (κ3) is 2.68. The van der Waals surface area contributed by atoms with Gasteiger partial charge in [-0.25, -0.2) is 4.79 Å². The maximum Gasteiger partial charge on any atom is 0.394 e. The van der Waals surface area contributed by atoms with Crippen molar-refractivity contribution in [3.8, 4) is 5.75 Å². The van der Waals surface area contributed by atoms with Gasteiger partial charge in [0.15, 0.2) is 0 Å². The maximum atomic E-state index is 11.3. The second kappa shape index (κ2) is 5.05. The number of rotatable bonds is 2. The Balaban J connectivity index is 3.25. The predicted octanol–water partition coefficient (Wildman–Crippen LogP) is 1.70. The Labute approximate surface area is 104 Å². The zero-order valence-electron chi connectivity index (χ0n) is 9.65. The summed E-state index contributed by atoms with van der Waals surface area (Å²) in [5, 5.41) is 9.07. The highest BCUT2D eigenvalue weighted by Crippen LogP contribution is 2.33. The Hall–Kier alpha value is -1.75. The first-order valence-corrected chi connectivity index (χ1v) is 5.11. The summed E-state index contributed by atoms with van der Waals surface area (Å²) in [5.41, 5.74) is 1.10. The lowest BCUT2D eigenvalue weighted by atomic mass is 10.2. The molecule has 6 heteroatoms. The molecule has 0 radical (unpaired) electrons. The van der Waals surface area contributed by atoms with Crippen LogP contribution in [0.25, 0.3) is 0 Å². The molecule has 0 atom stereocenters. The van der Waals surface area contributed by atoms with Gasteiger partial charge >= 0.3 is 11.9 Å². The number of aryl methyl sites for hydroxylation is 1. The SMILES string of the molecule is COc1cc(C)c(Cl)cc1N(C)C(=O)C(=O)O. The van der Waals surface area contributed by atoms with Gasteiger partial charge in [-0.3, -0.25) is 4.79 Å². The normalized spacial score (nSPS) is 9.88. The lowest BCUT2D eigenvalue weighted by molar-refractivity contribution is -0.148. The second-order valence-electron chi connectivity index (χ2n) is 3.44. The van der Waals surface area contributed by atoms with Crippen LogP contribution in [0.5, 0.6) is 5.75 Å². The van der Waals surface area contributed by atoms with Gasteiger partial charge in [-0.15, -0.1) is 0 Å². The average Bonchev–Trinajstić information content (AvgIpc) is 2.29. The topological polar surface area (TPSA) is 66.8 Å². The molecule has 0 aliphatic rings. The molecule has 1 amide bonds. The number of hydrogen-bond donors (Lipinski definition) is 1. The van der Waals surface area contributed by atoms with E-state index in [0.29, 0.717) is 16.5 Å². The average molecular weight is 258 g/mol. The minimum Gasteiger partial charge on any atom is -0.495 e. The second-order valence-corrected chi connectivity index (χ2v) is 3.85. The van der Waals surface area contributed by atoms with Crippen LogP contribution in [0.4, 0.5) is 5.69 Å². The number of ether oxygens (including phenoxy) is 1. The zero-order chi connectivity index (χ0) is 13.2. The van der Waals surface area contributed by atoms with E-state index in [9.17, 15) is 9.59 Å². The van der Waals surface area contributed by atoms with Gasteiger partial charge in [0.2, 0.25) is 0 Å². The van der Waals surface area contributed by atoms with Crippen molar-refractivity contribution in [1.82, 2.24) is 0 Å². The number of likely N-dealkylation sites (N-methyl/N-ethyl adjacent to an activating group) is 1. The molecule has 0 saturated heterocycles. The van der Waals surface area contributed by atoms with Gasteiger partial charge in [-0.05, 0) is 24.6 Å². The number of carboxylic acid groups (broad SMARTS) is 1. The minimum absolute atomic E-state index is 0.315. The molecule has 92 valence electrons. The quantitative estimate of drug-likeness (QED) is 0.819. The molecule has 0 aliphatic carbocycles. The summed E-state index contributed by atoms with van der Waals surface area (Å²) in [7, 11) is 2.78. The summed E-state index contributed by atoms with van der Waals surface area (Å²) < 4.78 is 5.09. The summed E-state index contributed by atoms with van der Waals surface area (Å²) >= 11 is 5.93. The van der Waals surface area contributed by atoms with Crippen LogP contribution in [0.3, 0.4) is 0 Å². The standard InChI is InChI=1S/C11H12ClNO4/c1-6-4-9(17-3)8(5-7(6)12)13(2)10(14)11(15)16/h4-5H,1-3H3,(H,15,16). The molecule has 0 spiro atoms. The highest BCUT2D eigenvalue weighted by Gasteiger charge is 2.22. The van der Waals surface area contributed by atoms with Crippen LogP contribution in [0.15, 0.2) is 12.1 Å². The highest BCUT2D eigenvalue weighted by atomic mass is 35.5. The van der Waals surface area contributed by atoms with Crippen molar-refractivity contribution in [2.24, 2.45) is 0 Å². The molecule has 1 rings (SSSR count). The fourth-order valence-corrected chi connectivity index (χ4v) is 1.48. The summed E-state index contributed by atoms with van der Waals surface area (Å²) in [6.45, 7) is 1.79. The van der Waals surface area contributed by atoms with E-state index < -0.39 is 11.9 Å². The minimum atomic E-state index is -1.54. The van der Waals surface area contributed by atoms with Crippen LogP contribution in [0.2, 0.25) is 5.02 Å². The largest absolute Gasteiger partial charge is 0.495 e. The molecular formula is C11H12ClNO4. The number of methoxy groups -OCH3 is 1. The molecule has 0 unspecified atom stereocenters. The van der Waals surface area contributed by atoms with E-state index in [1.807, 2.05) is 0 Å². The van der Waals surface area contributed by atoms with Crippen LogP contribution < -0.4 is 9.64 Å². The Morgan fingerprint density at radius 1 is 1.41 bits per heavy atom. The van der Waals surface area contributed by atoms with Gasteiger partial charge in [0.05, 0.1) is 12.8 Å². The highest BCUT2D eigenvalue weighted by molar-refractivity contribution is 6.37. The smallest absolute Gasteiger partial charge is 0.394 e. The molecule has 0 aliphatic heterocycles. The lowest BCUT2D eigenvalue weighted by Gasteiger charge is -2.19. The maximum absolute atomic E-state index is 11.3. The monoisotopic (exact) mass is 257 g/mol. The number of carboxylic acids is 1. The Kier molecular flexibility index (Phi) is 3.96. The Bertz CT molecular complexity index is 473. The number of hydrogen-bond acceptors (Lipinski definition) is 3. The molecule has 0 aromatic heterocycles. The van der Waals surface area contributed by atoms with E-state index in [4.69, 9.17) is 21.4 Å². The summed E-state index contributed by atoms with van der Waals surface area (Å²) in [5.74, 6) is -2.20. The molecule has 0 fully saturated rings. The first-order valence-electron chi connectivity index (χ1n) is 4.73. The summed E-state index contributed by atoms with van der Waals surface area (Å²) in [6, 6.07) is 3.14. The van der Waals surface area contributed by atoms with Crippen molar-refractivity contribution >= 4 is 29.2 Å². The fourth-order valence-electron chi connectivity index (χ4n) is 1.32. The Morgan fingerprint density at radius 2 is 2.00 bits per heavy atom. The summed E-state index contributed by atoms with van der Waals surface area (Å²) in [6.07, 6.45) is 0. The van der Waals surface area contributed by atoms with E-state index in [1.54, 1.807) is 13.0 Å². The van der Waals surface area contributed by atoms with Gasteiger partial charge in [-0.1, -0.05) is 11.6 Å². The number of benzene rings is 1. The van der Waals surface area contributed by atoms with Crippen LogP contribution in [-0.4, -0.2) is 31.1 Å². The molecule has 0 saturated carbocycles. The number of carbonyl (C=O) groups is 2. The van der Waals surface area contributed by atoms with Crippen LogP contribution in [0, 0.1) is 6.92 Å². The van der Waals surface area contributed by atoms with Crippen LogP contribution >= 0.6 is 11.6 Å². The molecule has 0 bridgehead atoms. The lowest BCUT2D eigenvalue weighted by Crippen LogP contribution is -2.33. The molecule has 5 nitrogen and oxygen atoms in total. The molecule has 17 heavy (non-hydrogen) atoms. The van der Waals surface area contributed by atoms with Gasteiger partial charge < -0.3 is 14.7 Å². The third-order valence-electron chi connectivity index (χ3n) is 2.31. The predicted molar refractivity (Wildman–Crippen MR) is 63.8 cm³/mol. The van der Waals surface area contributed by atoms with Crippen molar-refractivity contribution < 1.29 is 19.4 Å². The van der Waals surface area contributed by atoms with Crippen molar-refractivity contribution in [3.63, 3.8) is 0 Å². The molecule has 1 aromatic carbocycles. The van der Waals surface area contributed by atoms with E-state index in [1.165, 1.54) is 20.2 Å². The molecular weight excluding hydrogens is 246 g/mol. The fraction of sp³-hybridized carbons (Fsp3) is 0.273. The molecule has 0 heterocycles. The zero-order valence-corrected chi connectivity index (χ0v) is 10.4. The van der Waals surface area contributed by atoms with E-state index in [2.05, 4.69) is 0 Å². The van der Waals surface area contributed by atoms with E-state index >= 15 is 0 Å². The van der Waals surface area contributed by atoms with E-state index in [-0.39, 0.29) is 0 Å². The van der Waals surface area contributed by atoms with Gasteiger partial charge in [0, 0.05) is 12.1 Å². The first-order chi connectivity index (χ1) is 7.88. The van der Waals surface area contributed by atoms with Crippen molar-refractivity contribution in [2.45, 2.75) is 6.92 Å². The summed E-state index contributed by atoms with van der Waals surface area (Å²) in [4.78, 5) is 22.9. The van der Waals surface area contributed by atoms with Crippen molar-refractivity contribution in [1.29, 1.82) is 0 Å². The molecule has 1 aromatic rings.